The minimum Gasteiger partial charge on any atom is -0.350 e. The summed E-state index contributed by atoms with van der Waals surface area (Å²) < 4.78 is 30.0. The summed E-state index contributed by atoms with van der Waals surface area (Å²) in [6.45, 7) is 0.983. The standard InChI is InChI=1S/C24H21F2N5O2S/c25-24(26,16-10-5-2-6-11-16)22-29-20(33)18-21(30-22)34-23(28-18)31-13-7-12-17(31)19(32)27-14-15-8-3-1-4-9-15/h1-6,8-11,17H,7,12-14H2,(H,27,32)(H,29,30,33)/t17-/m1/s1. The highest BCUT2D eigenvalue weighted by atomic mass is 32.1. The number of anilines is 1. The predicted molar refractivity (Wildman–Crippen MR) is 126 cm³/mol. The highest BCUT2D eigenvalue weighted by Crippen LogP contribution is 2.35. The van der Waals surface area contributed by atoms with Gasteiger partial charge in [0.15, 0.2) is 21.3 Å². The molecule has 2 aromatic heterocycles. The smallest absolute Gasteiger partial charge is 0.330 e. The van der Waals surface area contributed by atoms with Crippen LogP contribution in [0.1, 0.15) is 29.8 Å². The summed E-state index contributed by atoms with van der Waals surface area (Å²) >= 11 is 1.04. The number of amides is 1. The maximum Gasteiger partial charge on any atom is 0.330 e. The molecule has 1 aliphatic heterocycles. The summed E-state index contributed by atoms with van der Waals surface area (Å²) in [7, 11) is 0. The number of aromatic nitrogens is 3. The second-order valence-electron chi connectivity index (χ2n) is 8.06. The van der Waals surface area contributed by atoms with Gasteiger partial charge in [-0.25, -0.2) is 9.97 Å². The normalized spacial score (nSPS) is 16.2. The van der Waals surface area contributed by atoms with Gasteiger partial charge in [0.05, 0.1) is 0 Å². The van der Waals surface area contributed by atoms with Crippen LogP contribution in [-0.4, -0.2) is 33.4 Å². The van der Waals surface area contributed by atoms with Crippen molar-refractivity contribution in [2.45, 2.75) is 31.4 Å². The molecule has 0 unspecified atom stereocenters. The van der Waals surface area contributed by atoms with Crippen LogP contribution in [0.25, 0.3) is 10.3 Å². The summed E-state index contributed by atoms with van der Waals surface area (Å²) in [5, 5.41) is 3.37. The van der Waals surface area contributed by atoms with E-state index in [-0.39, 0.29) is 21.8 Å². The van der Waals surface area contributed by atoms with Gasteiger partial charge in [0.25, 0.3) is 5.56 Å². The minimum absolute atomic E-state index is 0.0112. The van der Waals surface area contributed by atoms with Crippen LogP contribution in [0.4, 0.5) is 13.9 Å². The monoisotopic (exact) mass is 481 g/mol. The van der Waals surface area contributed by atoms with E-state index in [0.717, 1.165) is 23.3 Å². The lowest BCUT2D eigenvalue weighted by atomic mass is 10.1. The number of aromatic amines is 1. The number of thiazole rings is 1. The summed E-state index contributed by atoms with van der Waals surface area (Å²) in [6, 6.07) is 16.3. The molecule has 10 heteroatoms. The first-order valence-corrected chi connectivity index (χ1v) is 11.7. The molecule has 0 spiro atoms. The largest absolute Gasteiger partial charge is 0.350 e. The number of H-pyrrole nitrogens is 1. The number of nitrogens with zero attached hydrogens (tertiary/aromatic N) is 3. The number of nitrogens with one attached hydrogen (secondary N) is 2. The molecule has 0 radical (unpaired) electrons. The summed E-state index contributed by atoms with van der Waals surface area (Å²) in [6.07, 6.45) is 1.41. The third kappa shape index (κ3) is 4.16. The summed E-state index contributed by atoms with van der Waals surface area (Å²) in [5.74, 6) is -4.34. The van der Waals surface area contributed by atoms with E-state index in [4.69, 9.17) is 0 Å². The van der Waals surface area contributed by atoms with Gasteiger partial charge in [0, 0.05) is 18.7 Å². The van der Waals surface area contributed by atoms with Crippen LogP contribution in [0.2, 0.25) is 0 Å². The number of hydrogen-bond donors (Lipinski definition) is 2. The molecule has 0 bridgehead atoms. The Morgan fingerprint density at radius 1 is 1.12 bits per heavy atom. The van der Waals surface area contributed by atoms with Crippen LogP contribution in [0.15, 0.2) is 65.5 Å². The first kappa shape index (κ1) is 22.1. The second kappa shape index (κ2) is 8.94. The fourth-order valence-corrected chi connectivity index (χ4v) is 5.07. The molecule has 1 fully saturated rings. The number of alkyl halides is 2. The molecular weight excluding hydrogens is 460 g/mol. The molecule has 174 valence electrons. The Labute approximate surface area is 197 Å². The number of benzene rings is 2. The van der Waals surface area contributed by atoms with E-state index >= 15 is 0 Å². The lowest BCUT2D eigenvalue weighted by Gasteiger charge is -2.23. The van der Waals surface area contributed by atoms with Gasteiger partial charge in [-0.05, 0) is 18.4 Å². The van der Waals surface area contributed by atoms with E-state index in [2.05, 4.69) is 20.3 Å². The molecule has 3 heterocycles. The van der Waals surface area contributed by atoms with Crippen LogP contribution in [0, 0.1) is 0 Å². The van der Waals surface area contributed by atoms with Crippen molar-refractivity contribution >= 4 is 32.7 Å². The summed E-state index contributed by atoms with van der Waals surface area (Å²) in [5.41, 5.74) is -0.0229. The quantitative estimate of drug-likeness (QED) is 0.437. The Balaban J connectivity index is 1.41. The molecular formula is C24H21F2N5O2S. The number of hydrogen-bond acceptors (Lipinski definition) is 6. The van der Waals surface area contributed by atoms with Crippen molar-refractivity contribution in [1.82, 2.24) is 20.3 Å². The molecule has 0 saturated carbocycles. The molecule has 4 aromatic rings. The molecule has 7 nitrogen and oxygen atoms in total. The van der Waals surface area contributed by atoms with Crippen LogP contribution in [0.3, 0.4) is 0 Å². The molecule has 1 atom stereocenters. The number of fused-ring (bicyclic) bond motifs is 1. The maximum atomic E-state index is 15.0. The van der Waals surface area contributed by atoms with Crippen LogP contribution in [-0.2, 0) is 17.3 Å². The Morgan fingerprint density at radius 3 is 2.56 bits per heavy atom. The van der Waals surface area contributed by atoms with Gasteiger partial charge < -0.3 is 15.2 Å². The Morgan fingerprint density at radius 2 is 1.82 bits per heavy atom. The number of rotatable bonds is 6. The third-order valence-electron chi connectivity index (χ3n) is 5.80. The van der Waals surface area contributed by atoms with Crippen molar-refractivity contribution in [2.75, 3.05) is 11.4 Å². The van der Waals surface area contributed by atoms with E-state index in [1.165, 1.54) is 24.3 Å². The number of carbonyl (C=O) groups excluding carboxylic acids is 1. The van der Waals surface area contributed by atoms with Gasteiger partial charge in [-0.15, -0.1) is 0 Å². The Hall–Kier alpha value is -3.66. The van der Waals surface area contributed by atoms with Crippen molar-refractivity contribution in [2.24, 2.45) is 0 Å². The van der Waals surface area contributed by atoms with Crippen LogP contribution < -0.4 is 15.8 Å². The van der Waals surface area contributed by atoms with Crippen LogP contribution in [0.5, 0.6) is 0 Å². The SMILES string of the molecule is O=C(NCc1ccccc1)[C@H]1CCCN1c1nc2c(=O)[nH]c(C(F)(F)c3ccccc3)nc2s1. The average Bonchev–Trinajstić information content (AvgIpc) is 3.51. The fraction of sp³-hybridized carbons (Fsp3) is 0.250. The van der Waals surface area contributed by atoms with Crippen molar-refractivity contribution in [3.05, 3.63) is 88.0 Å². The lowest BCUT2D eigenvalue weighted by molar-refractivity contribution is -0.122. The predicted octanol–water partition coefficient (Wildman–Crippen LogP) is 3.80. The zero-order valence-electron chi connectivity index (χ0n) is 18.0. The molecule has 1 aliphatic rings. The highest BCUT2D eigenvalue weighted by Gasteiger charge is 2.38. The zero-order chi connectivity index (χ0) is 23.7. The van der Waals surface area contributed by atoms with Crippen LogP contribution >= 0.6 is 11.3 Å². The van der Waals surface area contributed by atoms with Crippen molar-refractivity contribution in [3.63, 3.8) is 0 Å². The van der Waals surface area contributed by atoms with E-state index in [0.29, 0.717) is 24.6 Å². The van der Waals surface area contributed by atoms with Crippen molar-refractivity contribution in [1.29, 1.82) is 0 Å². The van der Waals surface area contributed by atoms with Gasteiger partial charge in [0.2, 0.25) is 5.91 Å². The highest BCUT2D eigenvalue weighted by molar-refractivity contribution is 7.21. The molecule has 34 heavy (non-hydrogen) atoms. The lowest BCUT2D eigenvalue weighted by Crippen LogP contribution is -2.43. The summed E-state index contributed by atoms with van der Waals surface area (Å²) in [4.78, 5) is 38.0. The van der Waals surface area contributed by atoms with Gasteiger partial charge in [-0.3, -0.25) is 9.59 Å². The zero-order valence-corrected chi connectivity index (χ0v) is 18.8. The molecule has 1 amide bonds. The fourth-order valence-electron chi connectivity index (χ4n) is 4.05. The van der Waals surface area contributed by atoms with Gasteiger partial charge in [-0.2, -0.15) is 8.78 Å². The number of halogens is 2. The van der Waals surface area contributed by atoms with E-state index < -0.39 is 23.3 Å². The van der Waals surface area contributed by atoms with Gasteiger partial charge >= 0.3 is 5.92 Å². The first-order valence-electron chi connectivity index (χ1n) is 10.9. The van der Waals surface area contributed by atoms with Gasteiger partial charge in [0.1, 0.15) is 6.04 Å². The minimum atomic E-state index is -3.47. The molecule has 2 aromatic carbocycles. The van der Waals surface area contributed by atoms with E-state index in [1.54, 1.807) is 6.07 Å². The topological polar surface area (TPSA) is 91.0 Å². The van der Waals surface area contributed by atoms with Crippen molar-refractivity contribution < 1.29 is 13.6 Å². The number of carbonyl (C=O) groups is 1. The molecule has 0 aliphatic carbocycles. The Kier molecular flexibility index (Phi) is 5.82. The maximum absolute atomic E-state index is 15.0. The average molecular weight is 482 g/mol. The van der Waals surface area contributed by atoms with E-state index in [9.17, 15) is 18.4 Å². The third-order valence-corrected chi connectivity index (χ3v) is 6.79. The van der Waals surface area contributed by atoms with Crippen molar-refractivity contribution in [3.8, 4) is 0 Å². The Bertz CT molecular complexity index is 1370. The molecule has 2 N–H and O–H groups in total. The molecule has 1 saturated heterocycles. The second-order valence-corrected chi connectivity index (χ2v) is 9.02. The first-order chi connectivity index (χ1) is 16.4. The molecule has 5 rings (SSSR count). The van der Waals surface area contributed by atoms with Gasteiger partial charge in [-0.1, -0.05) is 72.0 Å². The van der Waals surface area contributed by atoms with E-state index in [1.807, 2.05) is 35.2 Å².